The Kier molecular flexibility index (Phi) is 4.64. The number of hydrazone groups is 1. The van der Waals surface area contributed by atoms with Gasteiger partial charge in [0.05, 0.1) is 12.6 Å². The van der Waals surface area contributed by atoms with Crippen LogP contribution in [0.5, 0.6) is 0 Å². The lowest BCUT2D eigenvalue weighted by atomic mass is 10.1. The molecule has 0 atom stereocenters. The SMILES string of the molecule is O=C(Cc1ccccc1)NN=Cc1ccc(-c2ccccc2)o1. The smallest absolute Gasteiger partial charge is 0.244 e. The summed E-state index contributed by atoms with van der Waals surface area (Å²) in [5, 5.41) is 3.93. The van der Waals surface area contributed by atoms with Gasteiger partial charge in [-0.3, -0.25) is 4.79 Å². The Morgan fingerprint density at radius 2 is 1.65 bits per heavy atom. The van der Waals surface area contributed by atoms with Crippen molar-refractivity contribution in [3.8, 4) is 11.3 Å². The number of rotatable bonds is 5. The molecule has 0 saturated heterocycles. The van der Waals surface area contributed by atoms with Gasteiger partial charge in [0.15, 0.2) is 0 Å². The lowest BCUT2D eigenvalue weighted by molar-refractivity contribution is -0.120. The van der Waals surface area contributed by atoms with Gasteiger partial charge in [0.25, 0.3) is 0 Å². The second kappa shape index (κ2) is 7.22. The normalized spacial score (nSPS) is 10.8. The highest BCUT2D eigenvalue weighted by molar-refractivity contribution is 5.82. The fraction of sp³-hybridized carbons (Fsp3) is 0.0526. The van der Waals surface area contributed by atoms with Crippen molar-refractivity contribution in [2.45, 2.75) is 6.42 Å². The summed E-state index contributed by atoms with van der Waals surface area (Å²) in [5.74, 6) is 1.19. The summed E-state index contributed by atoms with van der Waals surface area (Å²) in [4.78, 5) is 11.8. The van der Waals surface area contributed by atoms with Crippen molar-refractivity contribution in [2.24, 2.45) is 5.10 Å². The molecule has 0 unspecified atom stereocenters. The number of carbonyl (C=O) groups excluding carboxylic acids is 1. The van der Waals surface area contributed by atoms with Crippen LogP contribution in [-0.4, -0.2) is 12.1 Å². The summed E-state index contributed by atoms with van der Waals surface area (Å²) in [6.45, 7) is 0. The van der Waals surface area contributed by atoms with E-state index in [0.717, 1.165) is 16.9 Å². The first-order valence-corrected chi connectivity index (χ1v) is 7.32. The maximum atomic E-state index is 11.8. The zero-order valence-corrected chi connectivity index (χ0v) is 12.5. The Morgan fingerprint density at radius 1 is 0.957 bits per heavy atom. The standard InChI is InChI=1S/C19H16N2O2/c22-19(13-15-7-3-1-4-8-15)21-20-14-17-11-12-18(23-17)16-9-5-2-6-10-16/h1-12,14H,13H2,(H,21,22). The molecule has 3 aromatic rings. The average molecular weight is 304 g/mol. The monoisotopic (exact) mass is 304 g/mol. The van der Waals surface area contributed by atoms with Crippen LogP contribution in [0, 0.1) is 0 Å². The van der Waals surface area contributed by atoms with Crippen LogP contribution in [0.1, 0.15) is 11.3 Å². The van der Waals surface area contributed by atoms with Crippen LogP contribution in [0.15, 0.2) is 82.3 Å². The summed E-state index contributed by atoms with van der Waals surface area (Å²) in [7, 11) is 0. The summed E-state index contributed by atoms with van der Waals surface area (Å²) in [5.41, 5.74) is 4.45. The first-order valence-electron chi connectivity index (χ1n) is 7.32. The lowest BCUT2D eigenvalue weighted by Gasteiger charge is -1.99. The zero-order valence-electron chi connectivity index (χ0n) is 12.5. The third-order valence-electron chi connectivity index (χ3n) is 3.27. The minimum Gasteiger partial charge on any atom is -0.455 e. The third-order valence-corrected chi connectivity index (χ3v) is 3.27. The van der Waals surface area contributed by atoms with E-state index in [1.54, 1.807) is 0 Å². The van der Waals surface area contributed by atoms with Crippen LogP contribution in [0.4, 0.5) is 0 Å². The van der Waals surface area contributed by atoms with E-state index in [-0.39, 0.29) is 5.91 Å². The topological polar surface area (TPSA) is 54.6 Å². The molecule has 2 aromatic carbocycles. The maximum Gasteiger partial charge on any atom is 0.244 e. The van der Waals surface area contributed by atoms with Crippen LogP contribution in [-0.2, 0) is 11.2 Å². The van der Waals surface area contributed by atoms with E-state index in [1.165, 1.54) is 6.21 Å². The zero-order chi connectivity index (χ0) is 15.9. The van der Waals surface area contributed by atoms with Gasteiger partial charge < -0.3 is 4.42 Å². The Hall–Kier alpha value is -3.14. The number of carbonyl (C=O) groups is 1. The molecule has 23 heavy (non-hydrogen) atoms. The van der Waals surface area contributed by atoms with E-state index < -0.39 is 0 Å². The van der Waals surface area contributed by atoms with E-state index in [9.17, 15) is 4.79 Å². The van der Waals surface area contributed by atoms with Gasteiger partial charge in [-0.1, -0.05) is 60.7 Å². The molecule has 1 aromatic heterocycles. The van der Waals surface area contributed by atoms with Crippen molar-refractivity contribution in [3.05, 3.63) is 84.1 Å². The van der Waals surface area contributed by atoms with Crippen LogP contribution >= 0.6 is 0 Å². The summed E-state index contributed by atoms with van der Waals surface area (Å²) >= 11 is 0. The van der Waals surface area contributed by atoms with Gasteiger partial charge in [0.1, 0.15) is 11.5 Å². The molecule has 0 spiro atoms. The highest BCUT2D eigenvalue weighted by atomic mass is 16.3. The van der Waals surface area contributed by atoms with Gasteiger partial charge in [-0.25, -0.2) is 5.43 Å². The van der Waals surface area contributed by atoms with Crippen molar-refractivity contribution in [1.82, 2.24) is 5.43 Å². The highest BCUT2D eigenvalue weighted by Gasteiger charge is 2.03. The molecule has 1 N–H and O–H groups in total. The van der Waals surface area contributed by atoms with Gasteiger partial charge in [-0.2, -0.15) is 5.10 Å². The van der Waals surface area contributed by atoms with Crippen molar-refractivity contribution >= 4 is 12.1 Å². The quantitative estimate of drug-likeness (QED) is 0.578. The Morgan fingerprint density at radius 3 is 2.39 bits per heavy atom. The number of nitrogens with zero attached hydrogens (tertiary/aromatic N) is 1. The summed E-state index contributed by atoms with van der Waals surface area (Å²) in [6, 6.07) is 23.0. The predicted molar refractivity (Wildman–Crippen MR) is 90.0 cm³/mol. The molecule has 0 fully saturated rings. The highest BCUT2D eigenvalue weighted by Crippen LogP contribution is 2.20. The lowest BCUT2D eigenvalue weighted by Crippen LogP contribution is -2.19. The minimum atomic E-state index is -0.165. The van der Waals surface area contributed by atoms with Gasteiger partial charge >= 0.3 is 0 Å². The van der Waals surface area contributed by atoms with E-state index in [0.29, 0.717) is 12.2 Å². The first-order chi connectivity index (χ1) is 11.3. The maximum absolute atomic E-state index is 11.8. The molecular weight excluding hydrogens is 288 g/mol. The molecule has 1 amide bonds. The molecule has 0 bridgehead atoms. The third kappa shape index (κ3) is 4.17. The number of amides is 1. The number of nitrogens with one attached hydrogen (secondary N) is 1. The fourth-order valence-corrected chi connectivity index (χ4v) is 2.17. The summed E-state index contributed by atoms with van der Waals surface area (Å²) in [6.07, 6.45) is 1.79. The number of hydrogen-bond acceptors (Lipinski definition) is 3. The summed E-state index contributed by atoms with van der Waals surface area (Å²) < 4.78 is 5.67. The second-order valence-electron chi connectivity index (χ2n) is 5.02. The van der Waals surface area contributed by atoms with Crippen LogP contribution in [0.25, 0.3) is 11.3 Å². The Labute approximate surface area is 134 Å². The molecule has 3 rings (SSSR count). The number of benzene rings is 2. The van der Waals surface area contributed by atoms with Gasteiger partial charge in [0, 0.05) is 5.56 Å². The average Bonchev–Trinajstić information content (AvgIpc) is 3.05. The van der Waals surface area contributed by atoms with Gasteiger partial charge in [0.2, 0.25) is 5.91 Å². The van der Waals surface area contributed by atoms with Gasteiger partial charge in [-0.05, 0) is 17.7 Å². The fourth-order valence-electron chi connectivity index (χ4n) is 2.17. The molecule has 0 aliphatic heterocycles. The van der Waals surface area contributed by atoms with E-state index >= 15 is 0 Å². The van der Waals surface area contributed by atoms with Crippen LogP contribution in [0.2, 0.25) is 0 Å². The number of furan rings is 1. The van der Waals surface area contributed by atoms with Crippen molar-refractivity contribution in [3.63, 3.8) is 0 Å². The van der Waals surface area contributed by atoms with Crippen LogP contribution in [0.3, 0.4) is 0 Å². The molecule has 4 heteroatoms. The van der Waals surface area contributed by atoms with Gasteiger partial charge in [-0.15, -0.1) is 0 Å². The van der Waals surface area contributed by atoms with E-state index in [2.05, 4.69) is 10.5 Å². The molecule has 0 radical (unpaired) electrons. The van der Waals surface area contributed by atoms with Crippen molar-refractivity contribution < 1.29 is 9.21 Å². The molecular formula is C19H16N2O2. The second-order valence-corrected chi connectivity index (χ2v) is 5.02. The molecule has 0 aliphatic rings. The van der Waals surface area contributed by atoms with E-state index in [1.807, 2.05) is 72.8 Å². The molecule has 114 valence electrons. The van der Waals surface area contributed by atoms with Crippen LogP contribution < -0.4 is 5.43 Å². The van der Waals surface area contributed by atoms with E-state index in [4.69, 9.17) is 4.42 Å². The molecule has 0 aliphatic carbocycles. The molecule has 4 nitrogen and oxygen atoms in total. The van der Waals surface area contributed by atoms with Crippen molar-refractivity contribution in [2.75, 3.05) is 0 Å². The van der Waals surface area contributed by atoms with Crippen molar-refractivity contribution in [1.29, 1.82) is 0 Å². The molecule has 0 saturated carbocycles. The first kappa shape index (κ1) is 14.8. The minimum absolute atomic E-state index is 0.165. The largest absolute Gasteiger partial charge is 0.455 e. The number of hydrogen-bond donors (Lipinski definition) is 1. The molecule has 1 heterocycles. The Bertz CT molecular complexity index is 793. The predicted octanol–water partition coefficient (Wildman–Crippen LogP) is 3.64. The Balaban J connectivity index is 1.56.